The number of hydrogen-bond donors (Lipinski definition) is 2. The van der Waals surface area contributed by atoms with Crippen LogP contribution in [-0.4, -0.2) is 38.8 Å². The smallest absolute Gasteiger partial charge is 0.259 e. The highest BCUT2D eigenvalue weighted by Gasteiger charge is 2.25. The summed E-state index contributed by atoms with van der Waals surface area (Å²) in [5.41, 5.74) is 3.42. The summed E-state index contributed by atoms with van der Waals surface area (Å²) in [6.07, 6.45) is 4.90. The number of aromatic amines is 2. The fourth-order valence-corrected chi connectivity index (χ4v) is 5.72. The molecular weight excluding hydrogens is 408 g/mol. The Hall–Kier alpha value is -2.93. The number of hydrogen-bond acceptors (Lipinski definition) is 4. The maximum Gasteiger partial charge on any atom is 0.259 e. The largest absolute Gasteiger partial charge is 0.361 e. The molecule has 7 heteroatoms. The molecule has 1 amide bonds. The predicted molar refractivity (Wildman–Crippen MR) is 125 cm³/mol. The maximum atomic E-state index is 12.8. The van der Waals surface area contributed by atoms with Gasteiger partial charge in [-0.3, -0.25) is 9.59 Å². The zero-order chi connectivity index (χ0) is 21.5. The molecule has 2 N–H and O–H groups in total. The molecule has 0 radical (unpaired) electrons. The highest BCUT2D eigenvalue weighted by atomic mass is 32.1. The number of carbonyl (C=O) groups is 1. The van der Waals surface area contributed by atoms with Crippen LogP contribution in [0.15, 0.2) is 35.3 Å². The lowest BCUT2D eigenvalue weighted by molar-refractivity contribution is -0.132. The summed E-state index contributed by atoms with van der Waals surface area (Å²) >= 11 is 1.54. The lowest BCUT2D eigenvalue weighted by Gasteiger charge is -2.32. The predicted octanol–water partition coefficient (Wildman–Crippen LogP) is 4.42. The number of para-hydroxylation sites is 1. The first-order chi connectivity index (χ1) is 15.0. The molecule has 0 spiro atoms. The van der Waals surface area contributed by atoms with Gasteiger partial charge in [-0.15, -0.1) is 11.3 Å². The number of fused-ring (bicyclic) bond motifs is 2. The quantitative estimate of drug-likeness (QED) is 0.499. The third kappa shape index (κ3) is 3.67. The van der Waals surface area contributed by atoms with Crippen LogP contribution in [0.25, 0.3) is 21.1 Å². The second-order valence-corrected chi connectivity index (χ2v) is 9.62. The van der Waals surface area contributed by atoms with Crippen molar-refractivity contribution >= 4 is 38.4 Å². The molecule has 0 saturated carbocycles. The SMILES string of the molecule is Cc1sc2nc(CCC(=O)N3CCC(c4c[nH]c5ccccc45)CC3)[nH]c(=O)c2c1C. The van der Waals surface area contributed by atoms with Gasteiger partial charge in [0.15, 0.2) is 0 Å². The third-order valence-electron chi connectivity index (χ3n) is 6.57. The Bertz CT molecular complexity index is 1320. The molecular formula is C24H26N4O2S. The average Bonchev–Trinajstić information content (AvgIpc) is 3.33. The molecule has 0 unspecified atom stereocenters. The number of nitrogens with one attached hydrogen (secondary N) is 2. The molecule has 5 rings (SSSR count). The van der Waals surface area contributed by atoms with Crippen molar-refractivity contribution in [1.29, 1.82) is 0 Å². The molecule has 1 aromatic carbocycles. The number of likely N-dealkylation sites (tertiary alicyclic amines) is 1. The van der Waals surface area contributed by atoms with E-state index in [1.54, 1.807) is 0 Å². The molecule has 160 valence electrons. The lowest BCUT2D eigenvalue weighted by atomic mass is 9.89. The molecule has 0 bridgehead atoms. The van der Waals surface area contributed by atoms with Gasteiger partial charge < -0.3 is 14.9 Å². The molecule has 4 aromatic rings. The highest BCUT2D eigenvalue weighted by Crippen LogP contribution is 2.33. The third-order valence-corrected chi connectivity index (χ3v) is 7.67. The first-order valence-corrected chi connectivity index (χ1v) is 11.7. The highest BCUT2D eigenvalue weighted by molar-refractivity contribution is 7.18. The number of aromatic nitrogens is 3. The minimum absolute atomic E-state index is 0.103. The topological polar surface area (TPSA) is 81.8 Å². The van der Waals surface area contributed by atoms with Gasteiger partial charge in [-0.05, 0) is 49.8 Å². The lowest BCUT2D eigenvalue weighted by Crippen LogP contribution is -2.38. The Kier molecular flexibility index (Phi) is 5.14. The second kappa shape index (κ2) is 7.96. The maximum absolute atomic E-state index is 12.8. The van der Waals surface area contributed by atoms with E-state index in [1.165, 1.54) is 27.8 Å². The van der Waals surface area contributed by atoms with E-state index in [9.17, 15) is 9.59 Å². The van der Waals surface area contributed by atoms with Crippen LogP contribution < -0.4 is 5.56 Å². The van der Waals surface area contributed by atoms with Crippen molar-refractivity contribution in [3.8, 4) is 0 Å². The minimum Gasteiger partial charge on any atom is -0.361 e. The van der Waals surface area contributed by atoms with Gasteiger partial charge >= 0.3 is 0 Å². The number of piperidine rings is 1. The monoisotopic (exact) mass is 434 g/mol. The van der Waals surface area contributed by atoms with Gasteiger partial charge in [0, 0.05) is 47.9 Å². The number of benzene rings is 1. The standard InChI is InChI=1S/C24H26N4O2S/c1-14-15(2)31-24-22(14)23(30)26-20(27-24)7-8-21(29)28-11-9-16(10-12-28)18-13-25-19-6-4-3-5-17(18)19/h3-6,13,16,25H,7-12H2,1-2H3,(H,26,27,30). The zero-order valence-corrected chi connectivity index (χ0v) is 18.6. The van der Waals surface area contributed by atoms with E-state index in [0.29, 0.717) is 30.0 Å². The van der Waals surface area contributed by atoms with Crippen molar-refractivity contribution in [1.82, 2.24) is 19.9 Å². The molecule has 3 aromatic heterocycles. The van der Waals surface area contributed by atoms with Gasteiger partial charge in [0.2, 0.25) is 5.91 Å². The molecule has 0 atom stereocenters. The molecule has 0 aliphatic carbocycles. The van der Waals surface area contributed by atoms with Crippen LogP contribution in [0, 0.1) is 13.8 Å². The van der Waals surface area contributed by atoms with Crippen molar-refractivity contribution in [2.75, 3.05) is 13.1 Å². The average molecular weight is 435 g/mol. The molecule has 1 saturated heterocycles. The number of carbonyl (C=O) groups excluding carboxylic acids is 1. The molecule has 4 heterocycles. The number of thiophene rings is 1. The van der Waals surface area contributed by atoms with Crippen molar-refractivity contribution in [3.63, 3.8) is 0 Å². The van der Waals surface area contributed by atoms with Crippen molar-refractivity contribution in [2.45, 2.75) is 45.4 Å². The Balaban J connectivity index is 1.21. The molecule has 1 aliphatic heterocycles. The van der Waals surface area contributed by atoms with E-state index >= 15 is 0 Å². The number of rotatable bonds is 4. The number of amides is 1. The Morgan fingerprint density at radius 1 is 1.23 bits per heavy atom. The van der Waals surface area contributed by atoms with E-state index in [2.05, 4.69) is 39.3 Å². The summed E-state index contributed by atoms with van der Waals surface area (Å²) < 4.78 is 0. The van der Waals surface area contributed by atoms with Crippen molar-refractivity contribution in [2.24, 2.45) is 0 Å². The van der Waals surface area contributed by atoms with E-state index in [-0.39, 0.29) is 11.5 Å². The molecule has 6 nitrogen and oxygen atoms in total. The van der Waals surface area contributed by atoms with Crippen LogP contribution >= 0.6 is 11.3 Å². The summed E-state index contributed by atoms with van der Waals surface area (Å²) in [7, 11) is 0. The zero-order valence-electron chi connectivity index (χ0n) is 17.8. The summed E-state index contributed by atoms with van der Waals surface area (Å²) in [5.74, 6) is 1.21. The summed E-state index contributed by atoms with van der Waals surface area (Å²) in [4.78, 5) is 39.9. The number of nitrogens with zero attached hydrogens (tertiary/aromatic N) is 2. The fraction of sp³-hybridized carbons (Fsp3) is 0.375. The van der Waals surface area contributed by atoms with Crippen LogP contribution in [0.3, 0.4) is 0 Å². The van der Waals surface area contributed by atoms with Crippen LogP contribution in [0.2, 0.25) is 0 Å². The molecule has 1 aliphatic rings. The van der Waals surface area contributed by atoms with Gasteiger partial charge in [0.05, 0.1) is 5.39 Å². The van der Waals surface area contributed by atoms with E-state index in [0.717, 1.165) is 41.2 Å². The van der Waals surface area contributed by atoms with Crippen molar-refractivity contribution < 1.29 is 4.79 Å². The van der Waals surface area contributed by atoms with Gasteiger partial charge in [-0.2, -0.15) is 0 Å². The van der Waals surface area contributed by atoms with E-state index < -0.39 is 0 Å². The van der Waals surface area contributed by atoms with Crippen LogP contribution in [0.4, 0.5) is 0 Å². The van der Waals surface area contributed by atoms with Gasteiger partial charge in [-0.1, -0.05) is 18.2 Å². The molecule has 31 heavy (non-hydrogen) atoms. The van der Waals surface area contributed by atoms with Gasteiger partial charge in [-0.25, -0.2) is 4.98 Å². The first kappa shape index (κ1) is 20.0. The number of aryl methyl sites for hydroxylation is 3. The number of H-pyrrole nitrogens is 2. The van der Waals surface area contributed by atoms with Crippen LogP contribution in [-0.2, 0) is 11.2 Å². The Morgan fingerprint density at radius 2 is 2.00 bits per heavy atom. The fourth-order valence-electron chi connectivity index (χ4n) is 4.67. The minimum atomic E-state index is -0.103. The second-order valence-electron chi connectivity index (χ2n) is 8.42. The van der Waals surface area contributed by atoms with Crippen LogP contribution in [0.5, 0.6) is 0 Å². The van der Waals surface area contributed by atoms with E-state index in [4.69, 9.17) is 0 Å². The summed E-state index contributed by atoms with van der Waals surface area (Å²) in [6.45, 7) is 5.50. The van der Waals surface area contributed by atoms with E-state index in [1.807, 2.05) is 24.8 Å². The normalized spacial score (nSPS) is 15.2. The van der Waals surface area contributed by atoms with Crippen LogP contribution in [0.1, 0.15) is 47.0 Å². The van der Waals surface area contributed by atoms with Gasteiger partial charge in [0.25, 0.3) is 5.56 Å². The van der Waals surface area contributed by atoms with Crippen molar-refractivity contribution in [3.05, 3.63) is 62.6 Å². The first-order valence-electron chi connectivity index (χ1n) is 10.8. The van der Waals surface area contributed by atoms with Gasteiger partial charge in [0.1, 0.15) is 10.7 Å². The summed E-state index contributed by atoms with van der Waals surface area (Å²) in [6, 6.07) is 8.39. The Labute approximate surface area is 184 Å². The Morgan fingerprint density at radius 3 is 2.81 bits per heavy atom. The summed E-state index contributed by atoms with van der Waals surface area (Å²) in [5, 5.41) is 1.97. The molecule has 1 fully saturated rings.